The largest absolute Gasteiger partial charge is 0.504 e. The first kappa shape index (κ1) is 26.8. The molecule has 41 heavy (non-hydrogen) atoms. The number of hydrogen-bond acceptors (Lipinski definition) is 6. The highest BCUT2D eigenvalue weighted by molar-refractivity contribution is 6.18. The van der Waals surface area contributed by atoms with Crippen LogP contribution in [0, 0.1) is 0 Å². The molecule has 5 aliphatic heterocycles. The number of fused-ring (bicyclic) bond motifs is 4. The van der Waals surface area contributed by atoms with E-state index in [-0.39, 0.29) is 5.76 Å². The van der Waals surface area contributed by atoms with Gasteiger partial charge in [-0.1, -0.05) is 45.9 Å². The zero-order valence-electron chi connectivity index (χ0n) is 24.8. The van der Waals surface area contributed by atoms with E-state index >= 15 is 0 Å². The topological polar surface area (TPSA) is 72.6 Å². The van der Waals surface area contributed by atoms with E-state index in [4.69, 9.17) is 15.0 Å². The molecule has 208 valence electrons. The van der Waals surface area contributed by atoms with E-state index in [9.17, 15) is 5.11 Å². The van der Waals surface area contributed by atoms with E-state index in [0.717, 1.165) is 82.3 Å². The molecule has 1 aromatic rings. The van der Waals surface area contributed by atoms with Crippen LogP contribution in [0.3, 0.4) is 0 Å². The molecule has 0 aromatic heterocycles. The summed E-state index contributed by atoms with van der Waals surface area (Å²) in [4.78, 5) is 15.3. The maximum atomic E-state index is 11.7. The number of hydrazine groups is 1. The lowest BCUT2D eigenvalue weighted by molar-refractivity contribution is 0.434. The van der Waals surface area contributed by atoms with Gasteiger partial charge in [0.1, 0.15) is 11.4 Å². The van der Waals surface area contributed by atoms with Crippen LogP contribution >= 0.6 is 0 Å². The zero-order chi connectivity index (χ0) is 28.8. The molecular formula is C35H37N5O. The molecule has 6 nitrogen and oxygen atoms in total. The van der Waals surface area contributed by atoms with Crippen molar-refractivity contribution in [2.45, 2.75) is 67.2 Å². The molecule has 6 heteroatoms. The van der Waals surface area contributed by atoms with E-state index < -0.39 is 0 Å². The van der Waals surface area contributed by atoms with Gasteiger partial charge in [-0.05, 0) is 109 Å². The molecule has 2 N–H and O–H groups in total. The second kappa shape index (κ2) is 10.5. The Kier molecular flexibility index (Phi) is 6.86. The molecule has 0 unspecified atom stereocenters. The first-order valence-corrected chi connectivity index (χ1v) is 14.7. The Morgan fingerprint density at radius 1 is 0.659 bits per heavy atom. The van der Waals surface area contributed by atoms with Gasteiger partial charge in [0.15, 0.2) is 5.76 Å². The molecule has 5 heterocycles. The summed E-state index contributed by atoms with van der Waals surface area (Å²) >= 11 is 0. The maximum absolute atomic E-state index is 11.7. The normalized spacial score (nSPS) is 20.2. The Morgan fingerprint density at radius 3 is 1.93 bits per heavy atom. The van der Waals surface area contributed by atoms with Crippen LogP contribution < -0.4 is 10.4 Å². The minimum atomic E-state index is 0.129. The van der Waals surface area contributed by atoms with Crippen molar-refractivity contribution >= 4 is 22.8 Å². The molecule has 5 aliphatic rings. The SMILES string of the molecule is CCC1=C(C)C2=NC1=CC1=NC(=CC3=NC(=CC4=CC(=C2O)NN4c2ccccc2)C(C)=C3CC)C(CC)=C1CC. The highest BCUT2D eigenvalue weighted by Crippen LogP contribution is 2.38. The number of aliphatic hydroxyl groups excluding tert-OH is 1. The van der Waals surface area contributed by atoms with Crippen LogP contribution in [0.15, 0.2) is 137 Å². The molecule has 0 aliphatic carbocycles. The Morgan fingerprint density at radius 2 is 1.27 bits per heavy atom. The molecule has 0 amide bonds. The number of benzene rings is 1. The van der Waals surface area contributed by atoms with Gasteiger partial charge in [0, 0.05) is 0 Å². The number of nitrogens with zero attached hydrogens (tertiary/aromatic N) is 4. The van der Waals surface area contributed by atoms with Gasteiger partial charge in [-0.15, -0.1) is 0 Å². The van der Waals surface area contributed by atoms with Gasteiger partial charge in [-0.25, -0.2) is 15.0 Å². The summed E-state index contributed by atoms with van der Waals surface area (Å²) in [6.45, 7) is 12.9. The van der Waals surface area contributed by atoms with E-state index in [1.165, 1.54) is 16.7 Å². The lowest BCUT2D eigenvalue weighted by Crippen LogP contribution is -2.31. The lowest BCUT2D eigenvalue weighted by Gasteiger charge is -2.22. The molecule has 0 fully saturated rings. The molecular weight excluding hydrogens is 506 g/mol. The molecule has 0 radical (unpaired) electrons. The Bertz CT molecular complexity index is 1700. The average molecular weight is 544 g/mol. The number of rotatable bonds is 5. The second-order valence-electron chi connectivity index (χ2n) is 10.7. The van der Waals surface area contributed by atoms with Crippen molar-refractivity contribution in [3.05, 3.63) is 122 Å². The number of aliphatic imine (C=N–C) groups is 3. The smallest absolute Gasteiger partial charge is 0.166 e. The summed E-state index contributed by atoms with van der Waals surface area (Å²) in [5.74, 6) is 0.129. The van der Waals surface area contributed by atoms with Gasteiger partial charge in [-0.3, -0.25) is 10.4 Å². The minimum Gasteiger partial charge on any atom is -0.504 e. The third-order valence-corrected chi connectivity index (χ3v) is 8.48. The summed E-state index contributed by atoms with van der Waals surface area (Å²) in [5.41, 5.74) is 18.2. The average Bonchev–Trinajstić information content (AvgIpc) is 3.71. The van der Waals surface area contributed by atoms with Gasteiger partial charge < -0.3 is 5.11 Å². The fraction of sp³-hybridized carbons (Fsp3) is 0.286. The van der Waals surface area contributed by atoms with E-state index in [1.54, 1.807) is 0 Å². The summed E-state index contributed by atoms with van der Waals surface area (Å²) < 4.78 is 0. The molecule has 0 saturated carbocycles. The first-order valence-electron chi connectivity index (χ1n) is 14.7. The molecule has 0 atom stereocenters. The number of para-hydroxylation sites is 1. The van der Waals surface area contributed by atoms with Crippen LogP contribution in [-0.2, 0) is 0 Å². The van der Waals surface area contributed by atoms with E-state index in [0.29, 0.717) is 11.4 Å². The summed E-state index contributed by atoms with van der Waals surface area (Å²) in [6, 6.07) is 10.1. The second-order valence-corrected chi connectivity index (χ2v) is 10.7. The summed E-state index contributed by atoms with van der Waals surface area (Å²) in [7, 11) is 0. The van der Waals surface area contributed by atoms with Crippen molar-refractivity contribution < 1.29 is 5.11 Å². The molecule has 6 rings (SSSR count). The van der Waals surface area contributed by atoms with Gasteiger partial charge in [-0.2, -0.15) is 0 Å². The Labute approximate surface area is 242 Å². The van der Waals surface area contributed by atoms with Gasteiger partial charge in [0.25, 0.3) is 0 Å². The number of hydrogen-bond donors (Lipinski definition) is 2. The molecule has 0 spiro atoms. The predicted octanol–water partition coefficient (Wildman–Crippen LogP) is 8.26. The predicted molar refractivity (Wildman–Crippen MR) is 170 cm³/mol. The van der Waals surface area contributed by atoms with Crippen molar-refractivity contribution in [3.63, 3.8) is 0 Å². The fourth-order valence-corrected chi connectivity index (χ4v) is 6.31. The third-order valence-electron chi connectivity index (χ3n) is 8.48. The van der Waals surface area contributed by atoms with Crippen LogP contribution in [0.4, 0.5) is 5.69 Å². The number of aliphatic hydroxyl groups is 1. The quantitative estimate of drug-likeness (QED) is 0.393. The van der Waals surface area contributed by atoms with Crippen LogP contribution in [0.5, 0.6) is 0 Å². The minimum absolute atomic E-state index is 0.129. The number of anilines is 1. The van der Waals surface area contributed by atoms with Gasteiger partial charge >= 0.3 is 0 Å². The number of nitrogens with one attached hydrogen (secondary N) is 1. The first-order chi connectivity index (χ1) is 19.9. The van der Waals surface area contributed by atoms with Gasteiger partial charge in [0.05, 0.1) is 39.9 Å². The molecule has 1 aromatic carbocycles. The van der Waals surface area contributed by atoms with Crippen molar-refractivity contribution in [1.82, 2.24) is 5.43 Å². The van der Waals surface area contributed by atoms with Crippen molar-refractivity contribution in [2.75, 3.05) is 5.01 Å². The van der Waals surface area contributed by atoms with Crippen LogP contribution in [-0.4, -0.2) is 22.2 Å². The van der Waals surface area contributed by atoms with E-state index in [1.807, 2.05) is 48.3 Å². The standard InChI is InChI=1S/C35H37N5O/c1-7-24-20(5)28-16-23-17-33(39-40(23)22-14-12-11-13-15-22)35(41)34-21(6)25(8-2)30(38-34)19-32-27(10-4)26(9-3)31(37-32)18-29(24)36-28/h11-19,39,41H,7-10H2,1-6H3. The zero-order valence-corrected chi connectivity index (χ0v) is 24.8. The van der Waals surface area contributed by atoms with Crippen LogP contribution in [0.25, 0.3) is 0 Å². The molecule has 8 bridgehead atoms. The van der Waals surface area contributed by atoms with E-state index in [2.05, 4.69) is 58.3 Å². The number of allylic oxidation sites excluding steroid dienone is 10. The highest BCUT2D eigenvalue weighted by Gasteiger charge is 2.30. The lowest BCUT2D eigenvalue weighted by atomic mass is 9.96. The van der Waals surface area contributed by atoms with Crippen molar-refractivity contribution in [3.8, 4) is 0 Å². The summed E-state index contributed by atoms with van der Waals surface area (Å²) in [6.07, 6.45) is 11.8. The Balaban J connectivity index is 1.63. The summed E-state index contributed by atoms with van der Waals surface area (Å²) in [5, 5.41) is 13.7. The monoisotopic (exact) mass is 543 g/mol. The molecule has 0 saturated heterocycles. The maximum Gasteiger partial charge on any atom is 0.166 e. The van der Waals surface area contributed by atoms with Crippen LogP contribution in [0.2, 0.25) is 0 Å². The van der Waals surface area contributed by atoms with Crippen molar-refractivity contribution in [2.24, 2.45) is 15.0 Å². The van der Waals surface area contributed by atoms with Crippen LogP contribution in [0.1, 0.15) is 67.2 Å². The highest BCUT2D eigenvalue weighted by atomic mass is 16.3. The van der Waals surface area contributed by atoms with Crippen molar-refractivity contribution in [1.29, 1.82) is 0 Å². The van der Waals surface area contributed by atoms with Gasteiger partial charge in [0.2, 0.25) is 0 Å². The fourth-order valence-electron chi connectivity index (χ4n) is 6.31. The third kappa shape index (κ3) is 4.38. The Hall–Kier alpha value is -4.45.